The fourth-order valence-electron chi connectivity index (χ4n) is 2.23. The van der Waals surface area contributed by atoms with E-state index in [1.54, 1.807) is 12.1 Å². The molecule has 0 fully saturated rings. The Morgan fingerprint density at radius 3 is 2.52 bits per heavy atom. The van der Waals surface area contributed by atoms with Gasteiger partial charge in [-0.1, -0.05) is 0 Å². The molecular formula is C14H11N3O3S. The maximum Gasteiger partial charge on any atom is 0.269 e. The number of non-ortho nitro benzene ring substituents is 1. The van der Waals surface area contributed by atoms with E-state index in [1.165, 1.54) is 23.5 Å². The van der Waals surface area contributed by atoms with Crippen LogP contribution in [0.3, 0.4) is 0 Å². The summed E-state index contributed by atoms with van der Waals surface area (Å²) in [7, 11) is 0. The van der Waals surface area contributed by atoms with Crippen LogP contribution in [0.4, 0.5) is 5.69 Å². The van der Waals surface area contributed by atoms with E-state index in [2.05, 4.69) is 4.98 Å². The molecule has 6 nitrogen and oxygen atoms in total. The maximum atomic E-state index is 11.4. The summed E-state index contributed by atoms with van der Waals surface area (Å²) in [5, 5.41) is 10.7. The lowest BCUT2D eigenvalue weighted by atomic mass is 10.1. The van der Waals surface area contributed by atoms with Gasteiger partial charge in [-0.15, -0.1) is 11.3 Å². The van der Waals surface area contributed by atoms with Gasteiger partial charge >= 0.3 is 0 Å². The molecule has 2 aromatic heterocycles. The molecule has 0 saturated carbocycles. The largest absolute Gasteiger partial charge is 0.296 e. The first-order valence-corrected chi connectivity index (χ1v) is 7.03. The Balaban J connectivity index is 2.20. The number of benzene rings is 1. The number of aromatic nitrogens is 2. The van der Waals surface area contributed by atoms with E-state index in [-0.39, 0.29) is 5.69 Å². The average Bonchev–Trinajstić information content (AvgIpc) is 2.96. The van der Waals surface area contributed by atoms with Gasteiger partial charge in [0.2, 0.25) is 0 Å². The van der Waals surface area contributed by atoms with Crippen LogP contribution >= 0.6 is 11.3 Å². The smallest absolute Gasteiger partial charge is 0.269 e. The zero-order valence-corrected chi connectivity index (χ0v) is 12.2. The molecule has 0 unspecified atom stereocenters. The monoisotopic (exact) mass is 301 g/mol. The van der Waals surface area contributed by atoms with E-state index in [0.717, 1.165) is 21.8 Å². The van der Waals surface area contributed by atoms with Crippen LogP contribution in [0.5, 0.6) is 0 Å². The number of nitro groups is 1. The Bertz CT molecular complexity index is 862. The Kier molecular flexibility index (Phi) is 3.06. The van der Waals surface area contributed by atoms with Crippen molar-refractivity contribution in [3.8, 4) is 11.3 Å². The summed E-state index contributed by atoms with van der Waals surface area (Å²) >= 11 is 1.52. The fraction of sp³-hybridized carbons (Fsp3) is 0.143. The first-order chi connectivity index (χ1) is 10.0. The molecule has 3 rings (SSSR count). The van der Waals surface area contributed by atoms with E-state index in [1.807, 2.05) is 18.2 Å². The molecule has 106 valence electrons. The van der Waals surface area contributed by atoms with Gasteiger partial charge in [0, 0.05) is 28.3 Å². The van der Waals surface area contributed by atoms with Gasteiger partial charge in [-0.05, 0) is 26.0 Å². The highest BCUT2D eigenvalue weighted by Crippen LogP contribution is 2.30. The van der Waals surface area contributed by atoms with E-state index in [0.29, 0.717) is 17.0 Å². The molecule has 0 atom stereocenters. The van der Waals surface area contributed by atoms with Gasteiger partial charge in [-0.2, -0.15) is 0 Å². The second-order valence-corrected chi connectivity index (χ2v) is 5.81. The van der Waals surface area contributed by atoms with E-state index >= 15 is 0 Å². The zero-order valence-electron chi connectivity index (χ0n) is 11.4. The number of carbonyl (C=O) groups excluding carboxylic acids is 1. The van der Waals surface area contributed by atoms with Crippen LogP contribution in [-0.2, 0) is 0 Å². The summed E-state index contributed by atoms with van der Waals surface area (Å²) in [5.41, 5.74) is 2.71. The molecular weight excluding hydrogens is 290 g/mol. The van der Waals surface area contributed by atoms with Gasteiger partial charge in [-0.25, -0.2) is 4.98 Å². The lowest BCUT2D eigenvalue weighted by molar-refractivity contribution is -0.384. The second-order valence-electron chi connectivity index (χ2n) is 4.63. The number of nitrogens with zero attached hydrogens (tertiary/aromatic N) is 3. The van der Waals surface area contributed by atoms with Crippen molar-refractivity contribution in [3.63, 3.8) is 0 Å². The number of aryl methyl sites for hydroxylation is 2. The predicted octanol–water partition coefficient (Wildman–Crippen LogP) is 3.40. The molecule has 21 heavy (non-hydrogen) atoms. The van der Waals surface area contributed by atoms with Crippen LogP contribution in [0, 0.1) is 24.0 Å². The number of aldehydes is 1. The second kappa shape index (κ2) is 4.78. The van der Waals surface area contributed by atoms with Gasteiger partial charge in [0.15, 0.2) is 11.2 Å². The molecule has 2 heterocycles. The minimum Gasteiger partial charge on any atom is -0.296 e. The summed E-state index contributed by atoms with van der Waals surface area (Å²) in [6.07, 6.45) is 0.774. The summed E-state index contributed by atoms with van der Waals surface area (Å²) in [6.45, 7) is 3.92. The van der Waals surface area contributed by atoms with Crippen LogP contribution in [0.25, 0.3) is 16.2 Å². The molecule has 0 bridgehead atoms. The standard InChI is InChI=1S/C14H11N3O3S/c1-8-9(2)21-14-15-13(12(7-18)16(8)14)10-3-5-11(6-4-10)17(19)20/h3-7H,1-2H3. The third-order valence-electron chi connectivity index (χ3n) is 3.43. The van der Waals surface area contributed by atoms with E-state index in [9.17, 15) is 14.9 Å². The minimum atomic E-state index is -0.455. The van der Waals surface area contributed by atoms with Crippen molar-refractivity contribution in [2.75, 3.05) is 0 Å². The first kappa shape index (κ1) is 13.4. The van der Waals surface area contributed by atoms with Crippen molar-refractivity contribution in [1.29, 1.82) is 0 Å². The fourth-order valence-corrected chi connectivity index (χ4v) is 3.21. The van der Waals surface area contributed by atoms with E-state index < -0.39 is 4.92 Å². The van der Waals surface area contributed by atoms with E-state index in [4.69, 9.17) is 0 Å². The molecule has 7 heteroatoms. The first-order valence-electron chi connectivity index (χ1n) is 6.21. The highest BCUT2D eigenvalue weighted by Gasteiger charge is 2.18. The summed E-state index contributed by atoms with van der Waals surface area (Å²) < 4.78 is 1.82. The number of hydrogen-bond acceptors (Lipinski definition) is 5. The van der Waals surface area contributed by atoms with Crippen molar-refractivity contribution < 1.29 is 9.72 Å². The number of fused-ring (bicyclic) bond motifs is 1. The number of nitro benzene ring substituents is 1. The highest BCUT2D eigenvalue weighted by molar-refractivity contribution is 7.17. The van der Waals surface area contributed by atoms with Gasteiger partial charge in [0.1, 0.15) is 11.4 Å². The predicted molar refractivity (Wildman–Crippen MR) is 80.0 cm³/mol. The van der Waals surface area contributed by atoms with Gasteiger partial charge in [-0.3, -0.25) is 19.3 Å². The lowest BCUT2D eigenvalue weighted by Crippen LogP contribution is -1.94. The number of hydrogen-bond donors (Lipinski definition) is 0. The molecule has 0 aliphatic heterocycles. The third kappa shape index (κ3) is 2.02. The number of rotatable bonds is 3. The topological polar surface area (TPSA) is 77.5 Å². The van der Waals surface area contributed by atoms with Crippen LogP contribution in [-0.4, -0.2) is 20.6 Å². The van der Waals surface area contributed by atoms with Crippen molar-refractivity contribution in [3.05, 3.63) is 50.6 Å². The van der Waals surface area contributed by atoms with Crippen LogP contribution < -0.4 is 0 Å². The molecule has 0 aliphatic carbocycles. The molecule has 0 amide bonds. The Hall–Kier alpha value is -2.54. The lowest BCUT2D eigenvalue weighted by Gasteiger charge is -2.00. The SMILES string of the molecule is Cc1sc2nc(-c3ccc([N+](=O)[O-])cc3)c(C=O)n2c1C. The molecule has 0 radical (unpaired) electrons. The highest BCUT2D eigenvalue weighted by atomic mass is 32.1. The minimum absolute atomic E-state index is 0.0134. The maximum absolute atomic E-state index is 11.4. The zero-order chi connectivity index (χ0) is 15.1. The van der Waals surface area contributed by atoms with Crippen molar-refractivity contribution in [2.24, 2.45) is 0 Å². The summed E-state index contributed by atoms with van der Waals surface area (Å²) in [6, 6.07) is 6.05. The molecule has 0 spiro atoms. The molecule has 0 aliphatic rings. The third-order valence-corrected chi connectivity index (χ3v) is 4.49. The number of carbonyl (C=O) groups is 1. The average molecular weight is 301 g/mol. The Morgan fingerprint density at radius 1 is 1.29 bits per heavy atom. The normalized spacial score (nSPS) is 11.0. The van der Waals surface area contributed by atoms with Gasteiger partial charge in [0.05, 0.1) is 4.92 Å². The number of imidazole rings is 1. The van der Waals surface area contributed by atoms with Crippen LogP contribution in [0.15, 0.2) is 24.3 Å². The molecule has 0 saturated heterocycles. The van der Waals surface area contributed by atoms with Gasteiger partial charge in [0.25, 0.3) is 5.69 Å². The molecule has 3 aromatic rings. The molecule has 1 aromatic carbocycles. The molecule has 0 N–H and O–H groups in total. The Labute approximate surface area is 123 Å². The number of thiazole rings is 1. The van der Waals surface area contributed by atoms with Crippen molar-refractivity contribution in [2.45, 2.75) is 13.8 Å². The summed E-state index contributed by atoms with van der Waals surface area (Å²) in [5.74, 6) is 0. The Morgan fingerprint density at radius 2 is 1.95 bits per heavy atom. The van der Waals surface area contributed by atoms with Crippen LogP contribution in [0.2, 0.25) is 0 Å². The van der Waals surface area contributed by atoms with Crippen molar-refractivity contribution in [1.82, 2.24) is 9.38 Å². The van der Waals surface area contributed by atoms with Crippen LogP contribution in [0.1, 0.15) is 21.1 Å². The summed E-state index contributed by atoms with van der Waals surface area (Å²) in [4.78, 5) is 28.0. The quantitative estimate of drug-likeness (QED) is 0.422. The van der Waals surface area contributed by atoms with Crippen molar-refractivity contribution >= 4 is 28.3 Å². The van der Waals surface area contributed by atoms with Gasteiger partial charge < -0.3 is 0 Å².